The topological polar surface area (TPSA) is 101 Å². The molecule has 14 heavy (non-hydrogen) atoms. The molecule has 0 heterocycles. The van der Waals surface area contributed by atoms with Crippen LogP contribution in [0.5, 0.6) is 0 Å². The molecule has 0 unspecified atom stereocenters. The van der Waals surface area contributed by atoms with E-state index in [4.69, 9.17) is 5.11 Å². The summed E-state index contributed by atoms with van der Waals surface area (Å²) in [4.78, 5) is 0. The Labute approximate surface area is 82.6 Å². The molecule has 0 aromatic heterocycles. The van der Waals surface area contributed by atoms with Crippen molar-refractivity contribution in [2.75, 3.05) is 6.61 Å². The predicted octanol–water partition coefficient (Wildman–Crippen LogP) is -1.78. The van der Waals surface area contributed by atoms with E-state index >= 15 is 0 Å². The van der Waals surface area contributed by atoms with Gasteiger partial charge in [0.05, 0.1) is 18.3 Å². The Bertz CT molecular complexity index is 173. The van der Waals surface area contributed by atoms with Crippen LogP contribution >= 0.6 is 0 Å². The quantitative estimate of drug-likeness (QED) is 0.349. The van der Waals surface area contributed by atoms with Crippen LogP contribution in [0.4, 0.5) is 0 Å². The molecule has 0 spiro atoms. The number of hydrogen-bond donors (Lipinski definition) is 5. The molecule has 0 bridgehead atoms. The highest BCUT2D eigenvalue weighted by molar-refractivity contribution is 4.85. The van der Waals surface area contributed by atoms with Crippen molar-refractivity contribution in [2.24, 2.45) is 5.92 Å². The Morgan fingerprint density at radius 1 is 0.929 bits per heavy atom. The average Bonchev–Trinajstić information content (AvgIpc) is 2.15. The van der Waals surface area contributed by atoms with Gasteiger partial charge in [-0.15, -0.1) is 0 Å². The van der Waals surface area contributed by atoms with Gasteiger partial charge in [-0.05, 0) is 12.8 Å². The van der Waals surface area contributed by atoms with Gasteiger partial charge in [0.1, 0.15) is 6.10 Å². The van der Waals surface area contributed by atoms with Gasteiger partial charge in [0.2, 0.25) is 0 Å². The molecule has 1 rings (SSSR count). The molecule has 1 saturated carbocycles. The minimum atomic E-state index is -1.29. The lowest BCUT2D eigenvalue weighted by Gasteiger charge is -2.32. The summed E-state index contributed by atoms with van der Waals surface area (Å²) in [6, 6.07) is 0. The molecule has 0 aliphatic heterocycles. The fourth-order valence-electron chi connectivity index (χ4n) is 1.82. The Hall–Kier alpha value is -0.200. The fourth-order valence-corrected chi connectivity index (χ4v) is 1.82. The first kappa shape index (κ1) is 11.9. The van der Waals surface area contributed by atoms with Crippen molar-refractivity contribution >= 4 is 0 Å². The van der Waals surface area contributed by atoms with Crippen LogP contribution in [0.2, 0.25) is 0 Å². The van der Waals surface area contributed by atoms with E-state index in [0.717, 1.165) is 0 Å². The molecule has 0 aromatic rings. The second-order valence-corrected chi connectivity index (χ2v) is 3.96. The molecule has 1 aliphatic carbocycles. The number of rotatable bonds is 1. The molecule has 5 heteroatoms. The Morgan fingerprint density at radius 2 is 1.57 bits per heavy atom. The van der Waals surface area contributed by atoms with E-state index < -0.39 is 30.3 Å². The summed E-state index contributed by atoms with van der Waals surface area (Å²) < 4.78 is 0. The third kappa shape index (κ3) is 2.65. The van der Waals surface area contributed by atoms with Crippen LogP contribution in [0.3, 0.4) is 0 Å². The number of aliphatic hydroxyl groups is 5. The summed E-state index contributed by atoms with van der Waals surface area (Å²) in [5.41, 5.74) is 0. The van der Waals surface area contributed by atoms with Gasteiger partial charge in [-0.25, -0.2) is 0 Å². The van der Waals surface area contributed by atoms with Gasteiger partial charge in [0, 0.05) is 18.9 Å². The van der Waals surface area contributed by atoms with Crippen molar-refractivity contribution < 1.29 is 25.5 Å². The normalized spacial score (nSPS) is 45.6. The third-order valence-corrected chi connectivity index (χ3v) is 2.85. The van der Waals surface area contributed by atoms with Gasteiger partial charge >= 0.3 is 0 Å². The maximum absolute atomic E-state index is 9.55. The summed E-state index contributed by atoms with van der Waals surface area (Å²) in [6.07, 6.45) is -3.29. The molecular formula is C9H18O5. The van der Waals surface area contributed by atoms with Crippen LogP contribution in [0.1, 0.15) is 19.3 Å². The largest absolute Gasteiger partial charge is 0.396 e. The lowest BCUT2D eigenvalue weighted by Crippen LogP contribution is -2.46. The number of hydrogen-bond acceptors (Lipinski definition) is 5. The van der Waals surface area contributed by atoms with Crippen LogP contribution in [-0.2, 0) is 0 Å². The Kier molecular flexibility index (Phi) is 4.28. The molecule has 5 N–H and O–H groups in total. The van der Waals surface area contributed by atoms with Crippen molar-refractivity contribution in [3.8, 4) is 0 Å². The highest BCUT2D eigenvalue weighted by atomic mass is 16.4. The van der Waals surface area contributed by atoms with Crippen LogP contribution in [0, 0.1) is 5.92 Å². The van der Waals surface area contributed by atoms with Crippen molar-refractivity contribution in [3.05, 3.63) is 0 Å². The Morgan fingerprint density at radius 3 is 2.14 bits per heavy atom. The highest BCUT2D eigenvalue weighted by Crippen LogP contribution is 2.23. The maximum Gasteiger partial charge on any atom is 0.106 e. The highest BCUT2D eigenvalue weighted by Gasteiger charge is 2.34. The standard InChI is InChI=1S/C9H18O5/c10-4-5-1-2-6(11)3-7(12)9(14)8(5)13/h5-14H,1-4H2/t5-,6+,7-,8+,9-/m1/s1. The zero-order valence-electron chi connectivity index (χ0n) is 7.95. The summed E-state index contributed by atoms with van der Waals surface area (Å²) in [6.45, 7) is -0.252. The van der Waals surface area contributed by atoms with Crippen LogP contribution in [-0.4, -0.2) is 56.6 Å². The lowest BCUT2D eigenvalue weighted by atomic mass is 9.85. The van der Waals surface area contributed by atoms with Crippen molar-refractivity contribution in [2.45, 2.75) is 43.7 Å². The zero-order valence-corrected chi connectivity index (χ0v) is 7.95. The van der Waals surface area contributed by atoms with Crippen molar-refractivity contribution in [3.63, 3.8) is 0 Å². The minimum Gasteiger partial charge on any atom is -0.396 e. The Balaban J connectivity index is 2.66. The van der Waals surface area contributed by atoms with E-state index in [9.17, 15) is 20.4 Å². The van der Waals surface area contributed by atoms with Crippen LogP contribution in [0.25, 0.3) is 0 Å². The van der Waals surface area contributed by atoms with Crippen LogP contribution < -0.4 is 0 Å². The van der Waals surface area contributed by atoms with E-state index in [0.29, 0.717) is 12.8 Å². The summed E-state index contributed by atoms with van der Waals surface area (Å²) in [5, 5.41) is 46.7. The van der Waals surface area contributed by atoms with E-state index in [1.54, 1.807) is 0 Å². The van der Waals surface area contributed by atoms with Crippen molar-refractivity contribution in [1.29, 1.82) is 0 Å². The first-order valence-electron chi connectivity index (χ1n) is 4.89. The molecule has 5 atom stereocenters. The summed E-state index contributed by atoms with van der Waals surface area (Å²) in [5.74, 6) is -0.477. The van der Waals surface area contributed by atoms with Gasteiger partial charge in [0.25, 0.3) is 0 Å². The molecule has 0 aromatic carbocycles. The lowest BCUT2D eigenvalue weighted by molar-refractivity contribution is -0.112. The van der Waals surface area contributed by atoms with Gasteiger partial charge in [0.15, 0.2) is 0 Å². The van der Waals surface area contributed by atoms with Gasteiger partial charge in [-0.1, -0.05) is 0 Å². The fraction of sp³-hybridized carbons (Fsp3) is 1.00. The summed E-state index contributed by atoms with van der Waals surface area (Å²) >= 11 is 0. The van der Waals surface area contributed by atoms with E-state index in [1.807, 2.05) is 0 Å². The third-order valence-electron chi connectivity index (χ3n) is 2.85. The van der Waals surface area contributed by atoms with E-state index in [-0.39, 0.29) is 13.0 Å². The van der Waals surface area contributed by atoms with E-state index in [1.165, 1.54) is 0 Å². The smallest absolute Gasteiger partial charge is 0.106 e. The molecule has 0 radical (unpaired) electrons. The van der Waals surface area contributed by atoms with Crippen molar-refractivity contribution in [1.82, 2.24) is 0 Å². The summed E-state index contributed by atoms with van der Waals surface area (Å²) in [7, 11) is 0. The first-order chi connectivity index (χ1) is 6.56. The van der Waals surface area contributed by atoms with Gasteiger partial charge in [-0.3, -0.25) is 0 Å². The first-order valence-corrected chi connectivity index (χ1v) is 4.89. The zero-order chi connectivity index (χ0) is 10.7. The molecule has 5 nitrogen and oxygen atoms in total. The van der Waals surface area contributed by atoms with Gasteiger partial charge in [-0.2, -0.15) is 0 Å². The molecule has 0 amide bonds. The molecule has 1 fully saturated rings. The second kappa shape index (κ2) is 5.04. The average molecular weight is 206 g/mol. The number of aliphatic hydroxyl groups excluding tert-OH is 5. The molecule has 1 aliphatic rings. The minimum absolute atomic E-state index is 0.0658. The molecule has 0 saturated heterocycles. The second-order valence-electron chi connectivity index (χ2n) is 3.96. The maximum atomic E-state index is 9.55. The van der Waals surface area contributed by atoms with Gasteiger partial charge < -0.3 is 25.5 Å². The SMILES string of the molecule is OC[C@H]1CC[C@H](O)C[C@@H](O)[C@@H](O)[C@H]1O. The molecular weight excluding hydrogens is 188 g/mol. The van der Waals surface area contributed by atoms with Crippen LogP contribution in [0.15, 0.2) is 0 Å². The molecule has 84 valence electrons. The van der Waals surface area contributed by atoms with E-state index in [2.05, 4.69) is 0 Å². The predicted molar refractivity (Wildman–Crippen MR) is 48.5 cm³/mol. The monoisotopic (exact) mass is 206 g/mol.